The van der Waals surface area contributed by atoms with E-state index in [9.17, 15) is 0 Å². The fraction of sp³-hybridized carbons (Fsp3) is 1.00. The normalized spacial score (nSPS) is 36.2. The molecule has 1 aliphatic rings. The monoisotopic (exact) mass is 188 g/mol. The molecule has 0 aromatic heterocycles. The molecule has 0 aromatic rings. The highest BCUT2D eigenvalue weighted by Crippen LogP contribution is 2.24. The van der Waals surface area contributed by atoms with Crippen molar-refractivity contribution in [3.63, 3.8) is 0 Å². The highest BCUT2D eigenvalue weighted by atomic mass is 16.7. The quantitative estimate of drug-likeness (QED) is 0.649. The second-order valence-corrected chi connectivity index (χ2v) is 4.29. The van der Waals surface area contributed by atoms with Gasteiger partial charge in [0.05, 0.1) is 12.1 Å². The molecule has 0 bridgehead atoms. The van der Waals surface area contributed by atoms with E-state index in [4.69, 9.17) is 20.9 Å². The molecule has 4 heteroatoms. The van der Waals surface area contributed by atoms with E-state index in [1.165, 1.54) is 0 Å². The third-order valence-electron chi connectivity index (χ3n) is 2.47. The van der Waals surface area contributed by atoms with Gasteiger partial charge >= 0.3 is 0 Å². The number of methoxy groups -OCH3 is 1. The summed E-state index contributed by atoms with van der Waals surface area (Å²) in [4.78, 5) is 0. The van der Waals surface area contributed by atoms with Gasteiger partial charge in [0, 0.05) is 12.6 Å². The summed E-state index contributed by atoms with van der Waals surface area (Å²) in [5, 5.41) is 0. The Morgan fingerprint density at radius 3 is 2.46 bits per heavy atom. The van der Waals surface area contributed by atoms with Gasteiger partial charge in [-0.25, -0.2) is 0 Å². The van der Waals surface area contributed by atoms with Gasteiger partial charge in [0.1, 0.15) is 0 Å². The Morgan fingerprint density at radius 2 is 2.00 bits per heavy atom. The molecule has 1 saturated heterocycles. The first-order chi connectivity index (χ1) is 5.95. The van der Waals surface area contributed by atoms with E-state index < -0.39 is 0 Å². The Morgan fingerprint density at radius 1 is 1.38 bits per heavy atom. The molecule has 0 spiro atoms. The highest BCUT2D eigenvalue weighted by molar-refractivity contribution is 4.88. The third kappa shape index (κ3) is 2.64. The Labute approximate surface area is 79.6 Å². The highest BCUT2D eigenvalue weighted by Gasteiger charge is 2.35. The average Bonchev–Trinajstić information content (AvgIpc) is 2.03. The van der Waals surface area contributed by atoms with E-state index in [0.717, 1.165) is 12.8 Å². The zero-order chi connectivity index (χ0) is 10.1. The molecule has 0 radical (unpaired) electrons. The minimum Gasteiger partial charge on any atom is -0.354 e. The molecule has 0 saturated carbocycles. The van der Waals surface area contributed by atoms with Gasteiger partial charge in [0.15, 0.2) is 6.29 Å². The lowest BCUT2D eigenvalue weighted by Gasteiger charge is -2.39. The Bertz CT molecular complexity index is 167. The topological polar surface area (TPSA) is 70.5 Å². The van der Waals surface area contributed by atoms with Crippen LogP contribution in [0.25, 0.3) is 0 Å². The second-order valence-electron chi connectivity index (χ2n) is 4.29. The Balaban J connectivity index is 2.55. The summed E-state index contributed by atoms with van der Waals surface area (Å²) in [5.41, 5.74) is 11.4. The van der Waals surface area contributed by atoms with Crippen molar-refractivity contribution in [2.24, 2.45) is 11.5 Å². The Hall–Kier alpha value is -0.160. The molecular weight excluding hydrogens is 168 g/mol. The first-order valence-electron chi connectivity index (χ1n) is 4.68. The van der Waals surface area contributed by atoms with E-state index in [1.807, 2.05) is 13.8 Å². The summed E-state index contributed by atoms with van der Waals surface area (Å²) in [6, 6.07) is -0.0244. The SMILES string of the molecule is CO[C@H]1OC(C(C)(C)N)CCC1N. The molecule has 78 valence electrons. The van der Waals surface area contributed by atoms with Crippen molar-refractivity contribution in [2.75, 3.05) is 7.11 Å². The maximum Gasteiger partial charge on any atom is 0.172 e. The fourth-order valence-electron chi connectivity index (χ4n) is 1.59. The van der Waals surface area contributed by atoms with Crippen LogP contribution in [0.15, 0.2) is 0 Å². The van der Waals surface area contributed by atoms with Crippen LogP contribution in [0.2, 0.25) is 0 Å². The summed E-state index contributed by atoms with van der Waals surface area (Å²) in [5.74, 6) is 0. The molecule has 1 heterocycles. The van der Waals surface area contributed by atoms with Crippen molar-refractivity contribution >= 4 is 0 Å². The molecule has 0 amide bonds. The number of rotatable bonds is 2. The maximum atomic E-state index is 5.95. The molecule has 4 N–H and O–H groups in total. The van der Waals surface area contributed by atoms with Gasteiger partial charge in [-0.2, -0.15) is 0 Å². The van der Waals surface area contributed by atoms with Gasteiger partial charge in [-0.3, -0.25) is 0 Å². The minimum atomic E-state index is -0.322. The van der Waals surface area contributed by atoms with Gasteiger partial charge < -0.3 is 20.9 Å². The van der Waals surface area contributed by atoms with Crippen LogP contribution in [-0.4, -0.2) is 31.1 Å². The van der Waals surface area contributed by atoms with Crippen molar-refractivity contribution in [3.8, 4) is 0 Å². The summed E-state index contributed by atoms with van der Waals surface area (Å²) < 4.78 is 10.8. The van der Waals surface area contributed by atoms with Crippen molar-refractivity contribution in [1.29, 1.82) is 0 Å². The molecule has 2 unspecified atom stereocenters. The lowest BCUT2D eigenvalue weighted by molar-refractivity contribution is -0.201. The zero-order valence-electron chi connectivity index (χ0n) is 8.62. The van der Waals surface area contributed by atoms with E-state index in [0.29, 0.717) is 0 Å². The molecular formula is C9H20N2O2. The minimum absolute atomic E-state index is 0.0244. The largest absolute Gasteiger partial charge is 0.354 e. The van der Waals surface area contributed by atoms with E-state index in [2.05, 4.69) is 0 Å². The average molecular weight is 188 g/mol. The van der Waals surface area contributed by atoms with Crippen LogP contribution in [0.5, 0.6) is 0 Å². The van der Waals surface area contributed by atoms with Crippen LogP contribution in [0.1, 0.15) is 26.7 Å². The number of hydrogen-bond acceptors (Lipinski definition) is 4. The molecule has 3 atom stereocenters. The van der Waals surface area contributed by atoms with Crippen molar-refractivity contribution in [2.45, 2.75) is 50.7 Å². The van der Waals surface area contributed by atoms with Crippen LogP contribution < -0.4 is 11.5 Å². The van der Waals surface area contributed by atoms with Crippen LogP contribution in [-0.2, 0) is 9.47 Å². The first-order valence-corrected chi connectivity index (χ1v) is 4.68. The van der Waals surface area contributed by atoms with Gasteiger partial charge in [-0.15, -0.1) is 0 Å². The molecule has 1 rings (SSSR count). The van der Waals surface area contributed by atoms with Gasteiger partial charge in [0.25, 0.3) is 0 Å². The molecule has 4 nitrogen and oxygen atoms in total. The third-order valence-corrected chi connectivity index (χ3v) is 2.47. The number of hydrogen-bond donors (Lipinski definition) is 2. The molecule has 0 aromatic carbocycles. The van der Waals surface area contributed by atoms with E-state index in [1.54, 1.807) is 7.11 Å². The smallest absolute Gasteiger partial charge is 0.172 e. The van der Waals surface area contributed by atoms with Crippen molar-refractivity contribution < 1.29 is 9.47 Å². The lowest BCUT2D eigenvalue weighted by atomic mass is 9.91. The Kier molecular flexibility index (Phi) is 3.29. The van der Waals surface area contributed by atoms with Crippen molar-refractivity contribution in [3.05, 3.63) is 0 Å². The predicted octanol–water partition coefficient (Wildman–Crippen LogP) is 0.203. The summed E-state index contributed by atoms with van der Waals surface area (Å²) in [6.45, 7) is 3.92. The molecule has 1 fully saturated rings. The van der Waals surface area contributed by atoms with Crippen LogP contribution >= 0.6 is 0 Å². The number of ether oxygens (including phenoxy) is 2. The summed E-state index contributed by atoms with van der Waals surface area (Å²) in [6.07, 6.45) is 1.55. The first kappa shape index (κ1) is 10.9. The van der Waals surface area contributed by atoms with Crippen molar-refractivity contribution in [1.82, 2.24) is 0 Å². The fourth-order valence-corrected chi connectivity index (χ4v) is 1.59. The van der Waals surface area contributed by atoms with Crippen LogP contribution in [0, 0.1) is 0 Å². The molecule has 0 aliphatic carbocycles. The van der Waals surface area contributed by atoms with E-state index in [-0.39, 0.29) is 24.0 Å². The maximum absolute atomic E-state index is 5.95. The van der Waals surface area contributed by atoms with E-state index >= 15 is 0 Å². The zero-order valence-corrected chi connectivity index (χ0v) is 8.62. The number of nitrogens with two attached hydrogens (primary N) is 2. The van der Waals surface area contributed by atoms with Crippen LogP contribution in [0.4, 0.5) is 0 Å². The van der Waals surface area contributed by atoms with Gasteiger partial charge in [0.2, 0.25) is 0 Å². The van der Waals surface area contributed by atoms with Crippen LogP contribution in [0.3, 0.4) is 0 Å². The van der Waals surface area contributed by atoms with Gasteiger partial charge in [-0.1, -0.05) is 0 Å². The lowest BCUT2D eigenvalue weighted by Crippen LogP contribution is -2.55. The van der Waals surface area contributed by atoms with Gasteiger partial charge in [-0.05, 0) is 26.7 Å². The molecule has 1 aliphatic heterocycles. The second kappa shape index (κ2) is 3.92. The molecule has 13 heavy (non-hydrogen) atoms. The summed E-state index contributed by atoms with van der Waals surface area (Å²) >= 11 is 0. The standard InChI is InChI=1S/C9H20N2O2/c1-9(2,11)7-5-4-6(10)8(12-3)13-7/h6-8H,4-5,10-11H2,1-3H3/t6?,7?,8-/m0/s1. The summed E-state index contributed by atoms with van der Waals surface area (Å²) in [7, 11) is 1.61. The predicted molar refractivity (Wildman–Crippen MR) is 51.1 cm³/mol.